The van der Waals surface area contributed by atoms with Crippen molar-refractivity contribution in [1.29, 1.82) is 0 Å². The van der Waals surface area contributed by atoms with Crippen LogP contribution in [0.15, 0.2) is 60.7 Å². The standard InChI is InChI=1S/C23H25FN4O/c1-16(2)28(15-19-7-5-4-6-8-19)22-13-21(26-17(3)27-22)23(29)25-14-18-9-11-20(24)12-10-18/h4-13,16H,14-15H2,1-3H3,(H,25,29). The smallest absolute Gasteiger partial charge is 0.270 e. The van der Waals surface area contributed by atoms with Crippen molar-refractivity contribution in [3.8, 4) is 0 Å². The molecule has 1 aromatic heterocycles. The van der Waals surface area contributed by atoms with Gasteiger partial charge in [0.1, 0.15) is 23.2 Å². The summed E-state index contributed by atoms with van der Waals surface area (Å²) in [5.41, 5.74) is 2.30. The number of carbonyl (C=O) groups is 1. The van der Waals surface area contributed by atoms with E-state index in [1.165, 1.54) is 17.7 Å². The van der Waals surface area contributed by atoms with E-state index in [0.717, 1.165) is 5.56 Å². The van der Waals surface area contributed by atoms with E-state index >= 15 is 0 Å². The summed E-state index contributed by atoms with van der Waals surface area (Å²) in [6, 6.07) is 18.1. The van der Waals surface area contributed by atoms with Crippen LogP contribution in [0.2, 0.25) is 0 Å². The topological polar surface area (TPSA) is 58.1 Å². The Labute approximate surface area is 170 Å². The molecule has 0 aliphatic rings. The van der Waals surface area contributed by atoms with E-state index in [1.807, 2.05) is 18.2 Å². The fraction of sp³-hybridized carbons (Fsp3) is 0.261. The summed E-state index contributed by atoms with van der Waals surface area (Å²) >= 11 is 0. The predicted molar refractivity (Wildman–Crippen MR) is 112 cm³/mol. The number of nitrogens with one attached hydrogen (secondary N) is 1. The highest BCUT2D eigenvalue weighted by atomic mass is 19.1. The molecule has 150 valence electrons. The number of rotatable bonds is 7. The fourth-order valence-corrected chi connectivity index (χ4v) is 3.00. The molecular formula is C23H25FN4O. The number of aryl methyl sites for hydroxylation is 1. The first-order chi connectivity index (χ1) is 13.9. The highest BCUT2D eigenvalue weighted by Crippen LogP contribution is 2.19. The van der Waals surface area contributed by atoms with E-state index in [9.17, 15) is 9.18 Å². The number of amides is 1. The van der Waals surface area contributed by atoms with Crippen molar-refractivity contribution in [2.45, 2.75) is 39.9 Å². The number of aromatic nitrogens is 2. The van der Waals surface area contributed by atoms with Crippen LogP contribution in [0.1, 0.15) is 41.3 Å². The lowest BCUT2D eigenvalue weighted by Gasteiger charge is -2.28. The summed E-state index contributed by atoms with van der Waals surface area (Å²) < 4.78 is 13.0. The van der Waals surface area contributed by atoms with Crippen molar-refractivity contribution in [3.05, 3.63) is 89.1 Å². The highest BCUT2D eigenvalue weighted by Gasteiger charge is 2.17. The summed E-state index contributed by atoms with van der Waals surface area (Å²) in [5, 5.41) is 2.84. The minimum Gasteiger partial charge on any atom is -0.350 e. The van der Waals surface area contributed by atoms with Crippen LogP contribution >= 0.6 is 0 Å². The third kappa shape index (κ3) is 5.60. The SMILES string of the molecule is Cc1nc(C(=O)NCc2ccc(F)cc2)cc(N(Cc2ccccc2)C(C)C)n1. The molecule has 0 aliphatic heterocycles. The second kappa shape index (κ2) is 9.28. The minimum atomic E-state index is -0.302. The van der Waals surface area contributed by atoms with Crippen molar-refractivity contribution in [1.82, 2.24) is 15.3 Å². The highest BCUT2D eigenvalue weighted by molar-refractivity contribution is 5.92. The Balaban J connectivity index is 1.78. The monoisotopic (exact) mass is 392 g/mol. The first-order valence-corrected chi connectivity index (χ1v) is 9.61. The molecule has 5 nitrogen and oxygen atoms in total. The Bertz CT molecular complexity index is 958. The number of halogens is 1. The summed E-state index contributed by atoms with van der Waals surface area (Å²) in [5.74, 6) is 0.657. The van der Waals surface area contributed by atoms with Crippen LogP contribution in [0, 0.1) is 12.7 Å². The zero-order valence-electron chi connectivity index (χ0n) is 16.9. The van der Waals surface area contributed by atoms with E-state index in [4.69, 9.17) is 0 Å². The van der Waals surface area contributed by atoms with Gasteiger partial charge in [0.15, 0.2) is 0 Å². The zero-order chi connectivity index (χ0) is 20.8. The van der Waals surface area contributed by atoms with Crippen molar-refractivity contribution in [2.24, 2.45) is 0 Å². The van der Waals surface area contributed by atoms with E-state index in [-0.39, 0.29) is 17.8 Å². The zero-order valence-corrected chi connectivity index (χ0v) is 16.9. The molecule has 3 aromatic rings. The molecule has 0 bridgehead atoms. The second-order valence-electron chi connectivity index (χ2n) is 7.17. The van der Waals surface area contributed by atoms with Crippen LogP contribution in [0.3, 0.4) is 0 Å². The van der Waals surface area contributed by atoms with Crippen molar-refractivity contribution in [2.75, 3.05) is 4.90 Å². The molecule has 0 radical (unpaired) electrons. The normalized spacial score (nSPS) is 10.8. The van der Waals surface area contributed by atoms with Crippen LogP contribution in [-0.2, 0) is 13.1 Å². The summed E-state index contributed by atoms with van der Waals surface area (Å²) in [4.78, 5) is 23.6. The number of carbonyl (C=O) groups excluding carboxylic acids is 1. The lowest BCUT2D eigenvalue weighted by Crippen LogP contribution is -2.32. The molecule has 1 N–H and O–H groups in total. The molecule has 1 heterocycles. The maximum Gasteiger partial charge on any atom is 0.270 e. The van der Waals surface area contributed by atoms with E-state index in [0.29, 0.717) is 30.4 Å². The summed E-state index contributed by atoms with van der Waals surface area (Å²) in [6.45, 7) is 6.95. The molecule has 0 saturated heterocycles. The number of hydrogen-bond acceptors (Lipinski definition) is 4. The Kier molecular flexibility index (Phi) is 6.54. The molecule has 0 fully saturated rings. The maximum atomic E-state index is 13.0. The lowest BCUT2D eigenvalue weighted by atomic mass is 10.2. The number of anilines is 1. The molecule has 0 atom stereocenters. The van der Waals surface area contributed by atoms with E-state index < -0.39 is 0 Å². The van der Waals surface area contributed by atoms with Crippen LogP contribution in [0.5, 0.6) is 0 Å². The largest absolute Gasteiger partial charge is 0.350 e. The molecule has 29 heavy (non-hydrogen) atoms. The van der Waals surface area contributed by atoms with Gasteiger partial charge in [0.25, 0.3) is 5.91 Å². The van der Waals surface area contributed by atoms with Crippen molar-refractivity contribution < 1.29 is 9.18 Å². The lowest BCUT2D eigenvalue weighted by molar-refractivity contribution is 0.0945. The average Bonchev–Trinajstić information content (AvgIpc) is 2.71. The maximum absolute atomic E-state index is 13.0. The molecule has 6 heteroatoms. The van der Waals surface area contributed by atoms with E-state index in [2.05, 4.69) is 46.2 Å². The average molecular weight is 392 g/mol. The molecular weight excluding hydrogens is 367 g/mol. The first kappa shape index (κ1) is 20.5. The van der Waals surface area contributed by atoms with Crippen LogP contribution in [0.4, 0.5) is 10.2 Å². The van der Waals surface area contributed by atoms with Gasteiger partial charge >= 0.3 is 0 Å². The third-order valence-corrected chi connectivity index (χ3v) is 4.54. The minimum absolute atomic E-state index is 0.194. The Morgan fingerprint density at radius 1 is 1.03 bits per heavy atom. The molecule has 0 aliphatic carbocycles. The van der Waals surface area contributed by atoms with Gasteiger partial charge in [0.2, 0.25) is 0 Å². The van der Waals surface area contributed by atoms with E-state index in [1.54, 1.807) is 25.1 Å². The second-order valence-corrected chi connectivity index (χ2v) is 7.17. The third-order valence-electron chi connectivity index (χ3n) is 4.54. The Morgan fingerprint density at radius 2 is 1.72 bits per heavy atom. The molecule has 0 unspecified atom stereocenters. The van der Waals surface area contributed by atoms with Gasteiger partial charge in [-0.1, -0.05) is 42.5 Å². The van der Waals surface area contributed by atoms with Gasteiger partial charge in [-0.05, 0) is 44.0 Å². The van der Waals surface area contributed by atoms with Gasteiger partial charge in [-0.3, -0.25) is 4.79 Å². The first-order valence-electron chi connectivity index (χ1n) is 9.61. The quantitative estimate of drug-likeness (QED) is 0.652. The van der Waals surface area contributed by atoms with Gasteiger partial charge in [0.05, 0.1) is 0 Å². The molecule has 3 rings (SSSR count). The van der Waals surface area contributed by atoms with Crippen LogP contribution < -0.4 is 10.2 Å². The van der Waals surface area contributed by atoms with Gasteiger partial charge in [-0.2, -0.15) is 0 Å². The predicted octanol–water partition coefficient (Wildman–Crippen LogP) is 4.27. The molecule has 0 spiro atoms. The number of nitrogens with zero attached hydrogens (tertiary/aromatic N) is 3. The molecule has 1 amide bonds. The van der Waals surface area contributed by atoms with Crippen molar-refractivity contribution >= 4 is 11.7 Å². The Morgan fingerprint density at radius 3 is 2.38 bits per heavy atom. The molecule has 2 aromatic carbocycles. The van der Waals surface area contributed by atoms with Gasteiger partial charge < -0.3 is 10.2 Å². The summed E-state index contributed by atoms with van der Waals surface area (Å²) in [7, 11) is 0. The number of hydrogen-bond donors (Lipinski definition) is 1. The van der Waals surface area contributed by atoms with Crippen molar-refractivity contribution in [3.63, 3.8) is 0 Å². The fourth-order valence-electron chi connectivity index (χ4n) is 3.00. The molecule has 0 saturated carbocycles. The Hall–Kier alpha value is -3.28. The van der Waals surface area contributed by atoms with Crippen LogP contribution in [-0.4, -0.2) is 21.9 Å². The number of benzene rings is 2. The van der Waals surface area contributed by atoms with Gasteiger partial charge in [-0.25, -0.2) is 14.4 Å². The van der Waals surface area contributed by atoms with Crippen LogP contribution in [0.25, 0.3) is 0 Å². The van der Waals surface area contributed by atoms with Gasteiger partial charge in [-0.15, -0.1) is 0 Å². The summed E-state index contributed by atoms with van der Waals surface area (Å²) in [6.07, 6.45) is 0. The van der Waals surface area contributed by atoms with Gasteiger partial charge in [0, 0.05) is 25.2 Å².